The third-order valence-corrected chi connectivity index (χ3v) is 3.27. The summed E-state index contributed by atoms with van der Waals surface area (Å²) in [5, 5.41) is 4.11. The van der Waals surface area contributed by atoms with Crippen molar-refractivity contribution in [2.24, 2.45) is 0 Å². The minimum Gasteiger partial charge on any atom is -0.491 e. The minimum absolute atomic E-state index is 0.573. The van der Waals surface area contributed by atoms with E-state index in [0.717, 1.165) is 31.9 Å². The van der Waals surface area contributed by atoms with E-state index in [-0.39, 0.29) is 0 Å². The SMILES string of the molecule is C[C@H]1CN(CCOc2ccccc2Cl)CCN1. The summed E-state index contributed by atoms with van der Waals surface area (Å²) in [7, 11) is 0. The van der Waals surface area contributed by atoms with Gasteiger partial charge >= 0.3 is 0 Å². The van der Waals surface area contributed by atoms with Gasteiger partial charge in [0, 0.05) is 32.2 Å². The van der Waals surface area contributed by atoms with Gasteiger partial charge in [-0.05, 0) is 19.1 Å². The Morgan fingerprint density at radius 1 is 1.47 bits per heavy atom. The van der Waals surface area contributed by atoms with Crippen molar-refractivity contribution in [2.45, 2.75) is 13.0 Å². The zero-order chi connectivity index (χ0) is 12.1. The van der Waals surface area contributed by atoms with Gasteiger partial charge in [-0.2, -0.15) is 0 Å². The number of hydrogen-bond acceptors (Lipinski definition) is 3. The first kappa shape index (κ1) is 12.7. The number of nitrogens with zero attached hydrogens (tertiary/aromatic N) is 1. The Kier molecular flexibility index (Phi) is 4.66. The van der Waals surface area contributed by atoms with Gasteiger partial charge in [-0.1, -0.05) is 23.7 Å². The van der Waals surface area contributed by atoms with E-state index < -0.39 is 0 Å². The summed E-state index contributed by atoms with van der Waals surface area (Å²) in [5.74, 6) is 0.775. The molecule has 0 spiro atoms. The number of nitrogens with one attached hydrogen (secondary N) is 1. The summed E-state index contributed by atoms with van der Waals surface area (Å²) in [6, 6.07) is 8.18. The molecule has 0 saturated carbocycles. The molecule has 0 radical (unpaired) electrons. The number of piperazine rings is 1. The Hall–Kier alpha value is -0.770. The van der Waals surface area contributed by atoms with Crippen LogP contribution in [0.2, 0.25) is 5.02 Å². The molecular weight excluding hydrogens is 236 g/mol. The van der Waals surface area contributed by atoms with E-state index in [2.05, 4.69) is 17.1 Å². The number of rotatable bonds is 4. The number of hydrogen-bond donors (Lipinski definition) is 1. The van der Waals surface area contributed by atoms with Gasteiger partial charge in [0.15, 0.2) is 0 Å². The van der Waals surface area contributed by atoms with Crippen LogP contribution in [0, 0.1) is 0 Å². The molecule has 1 fully saturated rings. The monoisotopic (exact) mass is 254 g/mol. The fourth-order valence-electron chi connectivity index (χ4n) is 2.06. The quantitative estimate of drug-likeness (QED) is 0.890. The number of benzene rings is 1. The highest BCUT2D eigenvalue weighted by Crippen LogP contribution is 2.22. The molecular formula is C13H19ClN2O. The average molecular weight is 255 g/mol. The van der Waals surface area contributed by atoms with Crippen LogP contribution in [0.3, 0.4) is 0 Å². The fourth-order valence-corrected chi connectivity index (χ4v) is 2.25. The van der Waals surface area contributed by atoms with E-state index >= 15 is 0 Å². The molecule has 1 heterocycles. The van der Waals surface area contributed by atoms with Crippen LogP contribution in [0.4, 0.5) is 0 Å². The molecule has 1 saturated heterocycles. The van der Waals surface area contributed by atoms with Gasteiger partial charge in [0.25, 0.3) is 0 Å². The van der Waals surface area contributed by atoms with Crippen molar-refractivity contribution < 1.29 is 4.74 Å². The standard InChI is InChI=1S/C13H19ClN2O/c1-11-10-16(7-6-15-11)8-9-17-13-5-3-2-4-12(13)14/h2-5,11,15H,6-10H2,1H3/t11-/m0/s1. The van der Waals surface area contributed by atoms with Gasteiger partial charge in [-0.15, -0.1) is 0 Å². The highest BCUT2D eigenvalue weighted by Gasteiger charge is 2.14. The Morgan fingerprint density at radius 3 is 3.06 bits per heavy atom. The molecule has 0 amide bonds. The summed E-state index contributed by atoms with van der Waals surface area (Å²) in [4.78, 5) is 2.41. The lowest BCUT2D eigenvalue weighted by atomic mass is 10.2. The summed E-state index contributed by atoms with van der Waals surface area (Å²) in [5.41, 5.74) is 0. The van der Waals surface area contributed by atoms with Crippen molar-refractivity contribution in [1.82, 2.24) is 10.2 Å². The van der Waals surface area contributed by atoms with Crippen molar-refractivity contribution in [3.63, 3.8) is 0 Å². The van der Waals surface area contributed by atoms with Crippen molar-refractivity contribution in [3.05, 3.63) is 29.3 Å². The normalized spacial score (nSPS) is 21.4. The Labute approximate surface area is 108 Å². The van der Waals surface area contributed by atoms with E-state index in [1.807, 2.05) is 24.3 Å². The van der Waals surface area contributed by atoms with Gasteiger partial charge in [-0.3, -0.25) is 4.90 Å². The molecule has 1 atom stereocenters. The average Bonchev–Trinajstić information content (AvgIpc) is 2.32. The first-order valence-corrected chi connectivity index (χ1v) is 6.46. The van der Waals surface area contributed by atoms with Gasteiger partial charge < -0.3 is 10.1 Å². The lowest BCUT2D eigenvalue weighted by molar-refractivity contribution is 0.170. The largest absolute Gasteiger partial charge is 0.491 e. The second-order valence-electron chi connectivity index (χ2n) is 4.43. The fraction of sp³-hybridized carbons (Fsp3) is 0.538. The number of para-hydroxylation sites is 1. The van der Waals surface area contributed by atoms with Crippen LogP contribution in [0.1, 0.15) is 6.92 Å². The van der Waals surface area contributed by atoms with Crippen molar-refractivity contribution in [3.8, 4) is 5.75 Å². The molecule has 4 heteroatoms. The highest BCUT2D eigenvalue weighted by atomic mass is 35.5. The summed E-state index contributed by atoms with van der Waals surface area (Å²) >= 11 is 6.02. The molecule has 1 aliphatic heterocycles. The maximum absolute atomic E-state index is 6.02. The zero-order valence-corrected chi connectivity index (χ0v) is 10.9. The molecule has 0 bridgehead atoms. The Morgan fingerprint density at radius 2 is 2.29 bits per heavy atom. The van der Waals surface area contributed by atoms with Crippen LogP contribution in [-0.2, 0) is 0 Å². The van der Waals surface area contributed by atoms with E-state index in [4.69, 9.17) is 16.3 Å². The third-order valence-electron chi connectivity index (χ3n) is 2.95. The van der Waals surface area contributed by atoms with Crippen LogP contribution >= 0.6 is 11.6 Å². The maximum Gasteiger partial charge on any atom is 0.137 e. The molecule has 0 aromatic heterocycles. The minimum atomic E-state index is 0.573. The van der Waals surface area contributed by atoms with Gasteiger partial charge in [-0.25, -0.2) is 0 Å². The van der Waals surface area contributed by atoms with E-state index in [1.54, 1.807) is 0 Å². The van der Waals surface area contributed by atoms with Crippen LogP contribution in [0.15, 0.2) is 24.3 Å². The van der Waals surface area contributed by atoms with Crippen LogP contribution in [0.5, 0.6) is 5.75 Å². The van der Waals surface area contributed by atoms with Gasteiger partial charge in [0.05, 0.1) is 5.02 Å². The molecule has 17 heavy (non-hydrogen) atoms. The van der Waals surface area contributed by atoms with Gasteiger partial charge in [0.1, 0.15) is 12.4 Å². The van der Waals surface area contributed by atoms with Gasteiger partial charge in [0.2, 0.25) is 0 Å². The second-order valence-corrected chi connectivity index (χ2v) is 4.84. The second kappa shape index (κ2) is 6.24. The van der Waals surface area contributed by atoms with Crippen LogP contribution in [0.25, 0.3) is 0 Å². The van der Waals surface area contributed by atoms with E-state index in [9.17, 15) is 0 Å². The third kappa shape index (κ3) is 3.87. The molecule has 94 valence electrons. The first-order chi connectivity index (χ1) is 8.25. The van der Waals surface area contributed by atoms with Crippen molar-refractivity contribution in [1.29, 1.82) is 0 Å². The van der Waals surface area contributed by atoms with E-state index in [0.29, 0.717) is 17.7 Å². The number of halogens is 1. The highest BCUT2D eigenvalue weighted by molar-refractivity contribution is 6.32. The van der Waals surface area contributed by atoms with Crippen molar-refractivity contribution in [2.75, 3.05) is 32.8 Å². The Balaban J connectivity index is 1.74. The molecule has 0 aliphatic carbocycles. The topological polar surface area (TPSA) is 24.5 Å². The van der Waals surface area contributed by atoms with Crippen LogP contribution < -0.4 is 10.1 Å². The van der Waals surface area contributed by atoms with Crippen LogP contribution in [-0.4, -0.2) is 43.7 Å². The molecule has 2 rings (SSSR count). The maximum atomic E-state index is 6.02. The van der Waals surface area contributed by atoms with E-state index in [1.165, 1.54) is 0 Å². The number of ether oxygens (including phenoxy) is 1. The molecule has 1 aromatic rings. The lowest BCUT2D eigenvalue weighted by Crippen LogP contribution is -2.50. The molecule has 0 unspecified atom stereocenters. The first-order valence-electron chi connectivity index (χ1n) is 6.09. The van der Waals surface area contributed by atoms with Crippen molar-refractivity contribution >= 4 is 11.6 Å². The smallest absolute Gasteiger partial charge is 0.137 e. The summed E-state index contributed by atoms with van der Waals surface area (Å²) < 4.78 is 5.68. The molecule has 3 nitrogen and oxygen atoms in total. The zero-order valence-electron chi connectivity index (χ0n) is 10.2. The predicted octanol–water partition coefficient (Wildman–Crippen LogP) is 2.01. The molecule has 1 aromatic carbocycles. The summed E-state index contributed by atoms with van der Waals surface area (Å²) in [6.07, 6.45) is 0. The lowest BCUT2D eigenvalue weighted by Gasteiger charge is -2.31. The molecule has 1 aliphatic rings. The Bertz CT molecular complexity index is 359. The summed E-state index contributed by atoms with van der Waals surface area (Å²) in [6.45, 7) is 7.10. The predicted molar refractivity (Wildman–Crippen MR) is 70.9 cm³/mol. The molecule has 1 N–H and O–H groups in total.